The number of aldehydes is 2. The summed E-state index contributed by atoms with van der Waals surface area (Å²) >= 11 is 0. The van der Waals surface area contributed by atoms with E-state index < -0.39 is 0 Å². The fraction of sp³-hybridized carbons (Fsp3) is 0.500. The molecule has 0 aliphatic carbocycles. The highest BCUT2D eigenvalue weighted by Gasteiger charge is 2.19. The maximum absolute atomic E-state index is 11.3. The van der Waals surface area contributed by atoms with E-state index in [-0.39, 0.29) is 0 Å². The molecule has 0 N–H and O–H groups in total. The Balaban J connectivity index is 3.83. The van der Waals surface area contributed by atoms with E-state index in [1.165, 1.54) is 11.1 Å². The van der Waals surface area contributed by atoms with E-state index in [9.17, 15) is 9.59 Å². The van der Waals surface area contributed by atoms with Gasteiger partial charge in [-0.3, -0.25) is 9.59 Å². The van der Waals surface area contributed by atoms with Crippen LogP contribution in [0.4, 0.5) is 0 Å². The predicted molar refractivity (Wildman–Crippen MR) is 74.7 cm³/mol. The fourth-order valence-electron chi connectivity index (χ4n) is 2.94. The van der Waals surface area contributed by atoms with Gasteiger partial charge in [0, 0.05) is 11.1 Å². The lowest BCUT2D eigenvalue weighted by atomic mass is 9.83. The first-order valence-corrected chi connectivity index (χ1v) is 6.79. The van der Waals surface area contributed by atoms with Gasteiger partial charge in [0.05, 0.1) is 0 Å². The lowest BCUT2D eigenvalue weighted by Crippen LogP contribution is -2.11. The largest absolute Gasteiger partial charge is 0.298 e. The normalized spacial score (nSPS) is 10.4. The lowest BCUT2D eigenvalue weighted by molar-refractivity contribution is 0.109. The van der Waals surface area contributed by atoms with Crippen LogP contribution in [0.3, 0.4) is 0 Å². The molecule has 2 nitrogen and oxygen atoms in total. The number of carbonyl (C=O) groups excluding carboxylic acids is 2. The highest BCUT2D eigenvalue weighted by Crippen LogP contribution is 2.28. The topological polar surface area (TPSA) is 34.1 Å². The molecular formula is C16H22O2. The maximum atomic E-state index is 11.3. The van der Waals surface area contributed by atoms with Gasteiger partial charge in [-0.2, -0.15) is 0 Å². The van der Waals surface area contributed by atoms with Crippen LogP contribution >= 0.6 is 0 Å². The van der Waals surface area contributed by atoms with Gasteiger partial charge in [-0.05, 0) is 47.9 Å². The number of benzene rings is 1. The molecule has 0 radical (unpaired) electrons. The van der Waals surface area contributed by atoms with E-state index in [2.05, 4.69) is 13.8 Å². The molecule has 0 aliphatic rings. The molecule has 0 bridgehead atoms. The number of rotatable bonds is 6. The molecule has 0 saturated carbocycles. The van der Waals surface area contributed by atoms with Crippen LogP contribution in [-0.4, -0.2) is 12.6 Å². The molecule has 1 rings (SSSR count). The van der Waals surface area contributed by atoms with Crippen LogP contribution in [0.1, 0.15) is 70.7 Å². The lowest BCUT2D eigenvalue weighted by Gasteiger charge is -2.20. The minimum Gasteiger partial charge on any atom is -0.298 e. The first kappa shape index (κ1) is 14.6. The molecule has 0 aliphatic heterocycles. The van der Waals surface area contributed by atoms with Crippen LogP contribution in [0.25, 0.3) is 0 Å². The van der Waals surface area contributed by atoms with E-state index in [0.29, 0.717) is 11.1 Å². The molecule has 18 heavy (non-hydrogen) atoms. The van der Waals surface area contributed by atoms with Crippen molar-refractivity contribution in [3.8, 4) is 0 Å². The van der Waals surface area contributed by atoms with Crippen molar-refractivity contribution in [3.63, 3.8) is 0 Å². The van der Waals surface area contributed by atoms with Crippen LogP contribution < -0.4 is 0 Å². The molecule has 0 saturated heterocycles. The Bertz CT molecular complexity index is 416. The summed E-state index contributed by atoms with van der Waals surface area (Å²) in [6.45, 7) is 8.31. The van der Waals surface area contributed by atoms with Crippen molar-refractivity contribution < 1.29 is 9.59 Å². The molecule has 0 aromatic heterocycles. The Morgan fingerprint density at radius 1 is 0.611 bits per heavy atom. The molecule has 1 aromatic rings. The van der Waals surface area contributed by atoms with E-state index in [0.717, 1.165) is 49.4 Å². The summed E-state index contributed by atoms with van der Waals surface area (Å²) in [6.07, 6.45) is 5.13. The number of carbonyl (C=O) groups is 2. The zero-order valence-electron chi connectivity index (χ0n) is 11.8. The van der Waals surface area contributed by atoms with Gasteiger partial charge in [-0.1, -0.05) is 27.7 Å². The maximum Gasteiger partial charge on any atom is 0.151 e. The van der Waals surface area contributed by atoms with Crippen LogP contribution in [0, 0.1) is 0 Å². The zero-order valence-corrected chi connectivity index (χ0v) is 11.8. The minimum absolute atomic E-state index is 0.610. The quantitative estimate of drug-likeness (QED) is 0.719. The van der Waals surface area contributed by atoms with E-state index in [1.807, 2.05) is 13.8 Å². The standard InChI is InChI=1S/C16H22O2/c1-5-11-12(6-2)14(8-4)16(10-18)15(9-17)13(11)7-3/h9-10H,5-8H2,1-4H3. The first-order chi connectivity index (χ1) is 8.69. The van der Waals surface area contributed by atoms with Crippen LogP contribution in [0.2, 0.25) is 0 Å². The Morgan fingerprint density at radius 2 is 0.889 bits per heavy atom. The third kappa shape index (κ3) is 2.24. The summed E-state index contributed by atoms with van der Waals surface area (Å²) in [5.41, 5.74) is 5.87. The van der Waals surface area contributed by atoms with Crippen molar-refractivity contribution >= 4 is 12.6 Å². The van der Waals surface area contributed by atoms with Crippen LogP contribution in [0.15, 0.2) is 0 Å². The van der Waals surface area contributed by atoms with Gasteiger partial charge in [0.25, 0.3) is 0 Å². The second kappa shape index (κ2) is 6.48. The van der Waals surface area contributed by atoms with Crippen molar-refractivity contribution in [2.24, 2.45) is 0 Å². The molecule has 98 valence electrons. The molecule has 1 aromatic carbocycles. The molecule has 0 spiro atoms. The van der Waals surface area contributed by atoms with E-state index in [1.54, 1.807) is 0 Å². The Kier molecular flexibility index (Phi) is 5.26. The van der Waals surface area contributed by atoms with Crippen molar-refractivity contribution in [2.45, 2.75) is 53.4 Å². The SMILES string of the molecule is CCc1c(C=O)c(C=O)c(CC)c(CC)c1CC. The Morgan fingerprint density at radius 3 is 1.06 bits per heavy atom. The monoisotopic (exact) mass is 246 g/mol. The van der Waals surface area contributed by atoms with Gasteiger partial charge in [-0.25, -0.2) is 0 Å². The van der Waals surface area contributed by atoms with Gasteiger partial charge in [0.2, 0.25) is 0 Å². The molecule has 0 amide bonds. The van der Waals surface area contributed by atoms with Crippen molar-refractivity contribution in [2.75, 3.05) is 0 Å². The van der Waals surface area contributed by atoms with Crippen LogP contribution in [-0.2, 0) is 25.7 Å². The van der Waals surface area contributed by atoms with Gasteiger partial charge < -0.3 is 0 Å². The van der Waals surface area contributed by atoms with Crippen LogP contribution in [0.5, 0.6) is 0 Å². The Hall–Kier alpha value is -1.44. The fourth-order valence-corrected chi connectivity index (χ4v) is 2.94. The molecule has 0 atom stereocenters. The summed E-state index contributed by atoms with van der Waals surface area (Å²) in [6, 6.07) is 0. The second-order valence-corrected chi connectivity index (χ2v) is 4.39. The number of hydrogen-bond acceptors (Lipinski definition) is 2. The molecule has 0 fully saturated rings. The van der Waals surface area contributed by atoms with Crippen molar-refractivity contribution in [1.82, 2.24) is 0 Å². The van der Waals surface area contributed by atoms with E-state index in [4.69, 9.17) is 0 Å². The second-order valence-electron chi connectivity index (χ2n) is 4.39. The highest BCUT2D eigenvalue weighted by atomic mass is 16.1. The van der Waals surface area contributed by atoms with Gasteiger partial charge >= 0.3 is 0 Å². The highest BCUT2D eigenvalue weighted by molar-refractivity contribution is 5.94. The van der Waals surface area contributed by atoms with Crippen molar-refractivity contribution in [1.29, 1.82) is 0 Å². The molecule has 0 unspecified atom stereocenters. The molecule has 0 heterocycles. The smallest absolute Gasteiger partial charge is 0.151 e. The third-order valence-electron chi connectivity index (χ3n) is 3.68. The summed E-state index contributed by atoms with van der Waals surface area (Å²) in [5.74, 6) is 0. The summed E-state index contributed by atoms with van der Waals surface area (Å²) in [5, 5.41) is 0. The molecule has 2 heteroatoms. The van der Waals surface area contributed by atoms with Gasteiger partial charge in [0.1, 0.15) is 0 Å². The van der Waals surface area contributed by atoms with Gasteiger partial charge in [-0.15, -0.1) is 0 Å². The first-order valence-electron chi connectivity index (χ1n) is 6.79. The minimum atomic E-state index is 0.610. The summed E-state index contributed by atoms with van der Waals surface area (Å²) in [4.78, 5) is 22.7. The zero-order chi connectivity index (χ0) is 13.7. The molecular weight excluding hydrogens is 224 g/mol. The third-order valence-corrected chi connectivity index (χ3v) is 3.68. The predicted octanol–water partition coefficient (Wildman–Crippen LogP) is 3.56. The van der Waals surface area contributed by atoms with Crippen molar-refractivity contribution in [3.05, 3.63) is 33.4 Å². The average Bonchev–Trinajstić information content (AvgIpc) is 2.43. The Labute approximate surface area is 109 Å². The average molecular weight is 246 g/mol. The van der Waals surface area contributed by atoms with E-state index >= 15 is 0 Å². The summed E-state index contributed by atoms with van der Waals surface area (Å²) < 4.78 is 0. The number of hydrogen-bond donors (Lipinski definition) is 0. The van der Waals surface area contributed by atoms with Gasteiger partial charge in [0.15, 0.2) is 12.6 Å². The summed E-state index contributed by atoms with van der Waals surface area (Å²) in [7, 11) is 0.